The van der Waals surface area contributed by atoms with Crippen molar-refractivity contribution < 1.29 is 69.4 Å². The van der Waals surface area contributed by atoms with Gasteiger partial charge in [-0.1, -0.05) is 79.8 Å². The molecule has 77 heavy (non-hydrogen) atoms. The number of methoxy groups -OCH3 is 2. The number of carbonyl (C=O) groups excluding carboxylic acids is 1. The van der Waals surface area contributed by atoms with E-state index in [1.807, 2.05) is 6.07 Å². The van der Waals surface area contributed by atoms with Crippen LogP contribution in [0.2, 0.25) is 36.3 Å². The van der Waals surface area contributed by atoms with E-state index in [1.54, 1.807) is 31.4 Å². The first-order valence-corrected chi connectivity index (χ1v) is 36.4. The Hall–Kier alpha value is -1.89. The lowest BCUT2D eigenvalue weighted by molar-refractivity contribution is -0.293. The van der Waals surface area contributed by atoms with Crippen molar-refractivity contribution in [3.8, 4) is 0 Å². The number of sulfone groups is 1. The third-order valence-corrected chi connectivity index (χ3v) is 30.5. The van der Waals surface area contributed by atoms with Crippen LogP contribution in [-0.4, -0.2) is 161 Å². The van der Waals surface area contributed by atoms with Gasteiger partial charge in [0.1, 0.15) is 30.5 Å². The molecule has 9 aliphatic heterocycles. The molecule has 9 heterocycles. The van der Waals surface area contributed by atoms with Crippen molar-refractivity contribution in [2.45, 2.75) is 270 Å². The molecule has 2 unspecified atom stereocenters. The SMILES string of the molecule is C=C1C[C@H](CC[C@@]23C[C@H]4O[C@@H]5C(O[C@H]6CC[C@H](CC(=O)OC)O[C@@H]6[C@@H]5O2)C4O3)O[C@H]1CC[C@H]1C[C@@H](C)C(=C)[C@@H](C[C@@H]2O[C@H](C[C@@H](CO[Si](C)(C)C(C)(C)C)O[Si](C)(C)C(C)(C)C)[C@H](OC)[C@H]2CS(=O)(=O)c2ccccc2)O1. The van der Waals surface area contributed by atoms with Crippen LogP contribution in [0.1, 0.15) is 126 Å². The van der Waals surface area contributed by atoms with Gasteiger partial charge in [0.15, 0.2) is 32.3 Å². The van der Waals surface area contributed by atoms with Crippen LogP contribution >= 0.6 is 0 Å². The molecule has 9 aliphatic rings. The normalized spacial score (nSPS) is 38.7. The number of esters is 1. The van der Waals surface area contributed by atoms with Gasteiger partial charge in [-0.2, -0.15) is 0 Å². The van der Waals surface area contributed by atoms with Gasteiger partial charge < -0.3 is 56.2 Å². The molecule has 6 bridgehead atoms. The van der Waals surface area contributed by atoms with E-state index in [0.29, 0.717) is 38.7 Å². The fourth-order valence-electron chi connectivity index (χ4n) is 13.0. The van der Waals surface area contributed by atoms with E-state index in [1.165, 1.54) is 7.11 Å². The van der Waals surface area contributed by atoms with Gasteiger partial charge in [0, 0.05) is 38.7 Å². The molecule has 15 nitrogen and oxygen atoms in total. The van der Waals surface area contributed by atoms with Crippen molar-refractivity contribution in [3.63, 3.8) is 0 Å². The Bertz CT molecular complexity index is 2350. The summed E-state index contributed by atoms with van der Waals surface area (Å²) in [6.07, 6.45) is 3.45. The second-order valence-electron chi connectivity index (χ2n) is 27.0. The smallest absolute Gasteiger partial charge is 0.308 e. The number of benzene rings is 1. The second kappa shape index (κ2) is 23.0. The van der Waals surface area contributed by atoms with Gasteiger partial charge in [0.25, 0.3) is 0 Å². The van der Waals surface area contributed by atoms with Crippen molar-refractivity contribution in [2.24, 2.45) is 11.8 Å². The zero-order chi connectivity index (χ0) is 55.6. The average Bonchev–Trinajstić information content (AvgIpc) is 4.05. The Labute approximate surface area is 463 Å². The number of carbonyl (C=O) groups is 1. The van der Waals surface area contributed by atoms with E-state index < -0.39 is 56.5 Å². The zero-order valence-corrected chi connectivity index (χ0v) is 51.4. The van der Waals surface area contributed by atoms with Crippen LogP contribution in [0.5, 0.6) is 0 Å². The summed E-state index contributed by atoms with van der Waals surface area (Å²) in [5.74, 6) is -1.58. The lowest BCUT2D eigenvalue weighted by Crippen LogP contribution is -2.61. The summed E-state index contributed by atoms with van der Waals surface area (Å²) in [6, 6.07) is 8.69. The number of fused-ring (bicyclic) bond motifs is 1. The van der Waals surface area contributed by atoms with Gasteiger partial charge in [-0.05, 0) is 110 Å². The van der Waals surface area contributed by atoms with Crippen molar-refractivity contribution in [3.05, 3.63) is 54.6 Å². The van der Waals surface area contributed by atoms with E-state index in [9.17, 15) is 13.2 Å². The van der Waals surface area contributed by atoms with Crippen LogP contribution in [-0.2, 0) is 70.9 Å². The van der Waals surface area contributed by atoms with Crippen molar-refractivity contribution in [1.82, 2.24) is 0 Å². The molecule has 0 radical (unpaired) electrons. The molecule has 1 aromatic rings. The maximum atomic E-state index is 14.3. The minimum absolute atomic E-state index is 0.0117. The predicted molar refractivity (Wildman–Crippen MR) is 297 cm³/mol. The molecular weight excluding hydrogens is 1040 g/mol. The highest BCUT2D eigenvalue weighted by Gasteiger charge is 2.69. The summed E-state index contributed by atoms with van der Waals surface area (Å²) in [7, 11) is -5.10. The summed E-state index contributed by atoms with van der Waals surface area (Å²) in [5, 5.41) is -0.0288. The maximum absolute atomic E-state index is 14.3. The van der Waals surface area contributed by atoms with E-state index in [4.69, 9.17) is 56.2 Å². The summed E-state index contributed by atoms with van der Waals surface area (Å²) in [4.78, 5) is 12.5. The van der Waals surface area contributed by atoms with Crippen LogP contribution in [0.25, 0.3) is 0 Å². The fourth-order valence-corrected chi connectivity index (χ4v) is 17.1. The summed E-state index contributed by atoms with van der Waals surface area (Å²) in [5.41, 5.74) is 2.08. The molecule has 9 saturated heterocycles. The fraction of sp³-hybridized carbons (Fsp3) is 0.814. The number of rotatable bonds is 21. The Kier molecular flexibility index (Phi) is 17.9. The van der Waals surface area contributed by atoms with E-state index in [2.05, 4.69) is 87.8 Å². The lowest BCUT2D eigenvalue weighted by atomic mass is 9.83. The van der Waals surface area contributed by atoms with Crippen LogP contribution in [0.3, 0.4) is 0 Å². The Morgan fingerprint density at radius 1 is 0.766 bits per heavy atom. The minimum atomic E-state index is -3.73. The third kappa shape index (κ3) is 12.9. The first-order chi connectivity index (χ1) is 36.1. The average molecular weight is 1130 g/mol. The van der Waals surface area contributed by atoms with E-state index in [0.717, 1.165) is 49.7 Å². The Morgan fingerprint density at radius 2 is 1.44 bits per heavy atom. The molecular formula is C59H94O15SSi2. The zero-order valence-electron chi connectivity index (χ0n) is 48.6. The van der Waals surface area contributed by atoms with Crippen molar-refractivity contribution >= 4 is 32.4 Å². The quantitative estimate of drug-likeness (QED) is 0.0649. The van der Waals surface area contributed by atoms with Crippen molar-refractivity contribution in [1.29, 1.82) is 0 Å². The summed E-state index contributed by atoms with van der Waals surface area (Å²) < 4.78 is 108. The Morgan fingerprint density at radius 3 is 2.13 bits per heavy atom. The first-order valence-electron chi connectivity index (χ1n) is 28.9. The Balaban J connectivity index is 0.848. The predicted octanol–water partition coefficient (Wildman–Crippen LogP) is 10.2. The third-order valence-electron chi connectivity index (χ3n) is 19.6. The molecule has 0 amide bonds. The number of hydrogen-bond donors (Lipinski definition) is 0. The van der Waals surface area contributed by atoms with E-state index >= 15 is 0 Å². The highest BCUT2D eigenvalue weighted by Crippen LogP contribution is 2.55. The van der Waals surface area contributed by atoms with Gasteiger partial charge in [0.2, 0.25) is 0 Å². The molecule has 1 aromatic carbocycles. The highest BCUT2D eigenvalue weighted by molar-refractivity contribution is 7.91. The highest BCUT2D eigenvalue weighted by atomic mass is 32.2. The summed E-state index contributed by atoms with van der Waals surface area (Å²) >= 11 is 0. The lowest BCUT2D eigenvalue weighted by Gasteiger charge is -2.47. The molecule has 0 N–H and O–H groups in total. The minimum Gasteiger partial charge on any atom is -0.469 e. The van der Waals surface area contributed by atoms with Gasteiger partial charge in [-0.25, -0.2) is 8.42 Å². The van der Waals surface area contributed by atoms with Crippen LogP contribution in [0.15, 0.2) is 59.5 Å². The molecule has 0 aliphatic carbocycles. The topological polar surface area (TPSA) is 162 Å². The maximum Gasteiger partial charge on any atom is 0.308 e. The number of ether oxygens (including phenoxy) is 10. The molecule has 10 rings (SSSR count). The van der Waals surface area contributed by atoms with Crippen LogP contribution < -0.4 is 0 Å². The first kappa shape index (κ1) is 59.7. The monoisotopic (exact) mass is 1130 g/mol. The second-order valence-corrected chi connectivity index (χ2v) is 38.6. The molecule has 18 heteroatoms. The standard InChI is InChI=1S/C59H94O15SSi2/c1-35-27-38(21-23-44-36(2)28-40(66-44)25-26-59-32-49-53(72-59)54-55(71-49)56(73-59)52-45(70-54)24-22-39(68-52)30-50(60)63-10)67-46(37(35)3)31-47-43(34-75(61,62)42-19-17-16-18-20-42)51(64-11)48(69-47)29-41(74-77(14,15)58(7,8)9)33-65-76(12,13)57(4,5)6/h16-20,35,38-41,43-49,51-56H,2-3,21-34H2,1,4-15H3/t35-,38+,39-,40+,41+,43+,44+,45+,46-,47+,48-,49-,51-,52+,53?,54?,55-,56+,59+/m1/s1. The van der Waals surface area contributed by atoms with Gasteiger partial charge >= 0.3 is 5.97 Å². The van der Waals surface area contributed by atoms with Gasteiger partial charge in [-0.15, -0.1) is 0 Å². The van der Waals surface area contributed by atoms with Crippen LogP contribution in [0, 0.1) is 11.8 Å². The van der Waals surface area contributed by atoms with Crippen LogP contribution in [0.4, 0.5) is 0 Å². The largest absolute Gasteiger partial charge is 0.469 e. The molecule has 0 aromatic heterocycles. The van der Waals surface area contributed by atoms with Gasteiger partial charge in [-0.3, -0.25) is 4.79 Å². The molecule has 434 valence electrons. The molecule has 0 saturated carbocycles. The van der Waals surface area contributed by atoms with Crippen molar-refractivity contribution in [2.75, 3.05) is 26.6 Å². The molecule has 0 spiro atoms. The van der Waals surface area contributed by atoms with Gasteiger partial charge in [0.05, 0.1) is 97.9 Å². The van der Waals surface area contributed by atoms with E-state index in [-0.39, 0.29) is 118 Å². The molecule has 9 fully saturated rings. The molecule has 19 atom stereocenters. The summed E-state index contributed by atoms with van der Waals surface area (Å²) in [6.45, 7) is 34.3. The number of hydrogen-bond acceptors (Lipinski definition) is 15.